The van der Waals surface area contributed by atoms with E-state index in [1.165, 1.54) is 0 Å². The first-order chi connectivity index (χ1) is 10.8. The third-order valence-corrected chi connectivity index (χ3v) is 3.91. The number of aryl methyl sites for hydroxylation is 1. The Balaban J connectivity index is 1.62. The zero-order valence-corrected chi connectivity index (χ0v) is 12.9. The van der Waals surface area contributed by atoms with Crippen LogP contribution in [0.2, 0.25) is 0 Å². The first-order valence-corrected chi connectivity index (χ1v) is 7.76. The highest BCUT2D eigenvalue weighted by atomic mass is 32.1. The molecule has 1 N–H and O–H groups in total. The monoisotopic (exact) mass is 317 g/mol. The smallest absolute Gasteiger partial charge is 0.265 e. The Kier molecular flexibility index (Phi) is 4.34. The summed E-state index contributed by atoms with van der Waals surface area (Å²) in [5.41, 5.74) is 1.62. The number of rotatable bonds is 6. The standard InChI is InChI=1S/C15H15N3O3S/c1-2-3-12-14(22-18-17-12)15(19)16-8-11-4-5-13(21-11)10-6-7-20-9-10/h4-7,9H,2-3,8H2,1H3,(H,16,19). The topological polar surface area (TPSA) is 81.2 Å². The highest BCUT2D eigenvalue weighted by Crippen LogP contribution is 2.22. The number of nitrogens with one attached hydrogen (secondary N) is 1. The van der Waals surface area contributed by atoms with Crippen molar-refractivity contribution in [3.63, 3.8) is 0 Å². The molecular weight excluding hydrogens is 302 g/mol. The van der Waals surface area contributed by atoms with Gasteiger partial charge in [0.15, 0.2) is 0 Å². The Hall–Kier alpha value is -2.41. The zero-order valence-electron chi connectivity index (χ0n) is 12.0. The number of amides is 1. The summed E-state index contributed by atoms with van der Waals surface area (Å²) in [6.45, 7) is 2.36. The van der Waals surface area contributed by atoms with Crippen LogP contribution in [0.25, 0.3) is 11.3 Å². The van der Waals surface area contributed by atoms with Crippen molar-refractivity contribution < 1.29 is 13.6 Å². The van der Waals surface area contributed by atoms with E-state index in [4.69, 9.17) is 8.83 Å². The van der Waals surface area contributed by atoms with Crippen LogP contribution in [0, 0.1) is 0 Å². The van der Waals surface area contributed by atoms with Gasteiger partial charge in [-0.05, 0) is 36.2 Å². The summed E-state index contributed by atoms with van der Waals surface area (Å²) >= 11 is 1.12. The van der Waals surface area contributed by atoms with Gasteiger partial charge in [-0.15, -0.1) is 5.10 Å². The van der Waals surface area contributed by atoms with Crippen LogP contribution in [0.5, 0.6) is 0 Å². The number of aromatic nitrogens is 2. The first-order valence-electron chi connectivity index (χ1n) is 6.98. The Labute approximate surface area is 131 Å². The van der Waals surface area contributed by atoms with Crippen molar-refractivity contribution in [3.8, 4) is 11.3 Å². The van der Waals surface area contributed by atoms with Crippen molar-refractivity contribution in [2.45, 2.75) is 26.3 Å². The van der Waals surface area contributed by atoms with Crippen molar-refractivity contribution in [1.82, 2.24) is 14.9 Å². The molecule has 6 nitrogen and oxygen atoms in total. The molecular formula is C15H15N3O3S. The Morgan fingerprint density at radius 2 is 2.27 bits per heavy atom. The van der Waals surface area contributed by atoms with E-state index in [1.54, 1.807) is 12.5 Å². The lowest BCUT2D eigenvalue weighted by Gasteiger charge is -2.02. The normalized spacial score (nSPS) is 10.8. The molecule has 3 rings (SSSR count). The quantitative estimate of drug-likeness (QED) is 0.754. The molecule has 3 aromatic rings. The SMILES string of the molecule is CCCc1nnsc1C(=O)NCc1ccc(-c2ccoc2)o1. The van der Waals surface area contributed by atoms with E-state index in [0.717, 1.165) is 35.6 Å². The van der Waals surface area contributed by atoms with Crippen LogP contribution in [0.4, 0.5) is 0 Å². The summed E-state index contributed by atoms with van der Waals surface area (Å²) in [6.07, 6.45) is 4.88. The van der Waals surface area contributed by atoms with Crippen molar-refractivity contribution in [2.24, 2.45) is 0 Å². The molecule has 7 heteroatoms. The van der Waals surface area contributed by atoms with Crippen molar-refractivity contribution in [3.05, 3.63) is 47.1 Å². The molecule has 0 aliphatic carbocycles. The molecule has 0 aliphatic rings. The molecule has 0 aromatic carbocycles. The van der Waals surface area contributed by atoms with Gasteiger partial charge < -0.3 is 14.2 Å². The average Bonchev–Trinajstić information content (AvgIpc) is 3.25. The van der Waals surface area contributed by atoms with Gasteiger partial charge >= 0.3 is 0 Å². The Bertz CT molecular complexity index is 746. The molecule has 0 aliphatic heterocycles. The lowest BCUT2D eigenvalue weighted by atomic mass is 10.2. The largest absolute Gasteiger partial charge is 0.472 e. The van der Waals surface area contributed by atoms with Crippen LogP contribution in [0.1, 0.15) is 34.5 Å². The first kappa shape index (κ1) is 14.5. The van der Waals surface area contributed by atoms with Crippen molar-refractivity contribution in [1.29, 1.82) is 0 Å². The summed E-state index contributed by atoms with van der Waals surface area (Å²) in [5, 5.41) is 6.83. The zero-order chi connectivity index (χ0) is 15.4. The summed E-state index contributed by atoms with van der Waals surface area (Å²) in [4.78, 5) is 12.7. The van der Waals surface area contributed by atoms with Gasteiger partial charge in [0.1, 0.15) is 22.7 Å². The molecule has 22 heavy (non-hydrogen) atoms. The number of furan rings is 2. The van der Waals surface area contributed by atoms with Crippen LogP contribution in [-0.2, 0) is 13.0 Å². The summed E-state index contributed by atoms with van der Waals surface area (Å²) in [7, 11) is 0. The molecule has 114 valence electrons. The summed E-state index contributed by atoms with van der Waals surface area (Å²) < 4.78 is 14.5. The van der Waals surface area contributed by atoms with E-state index < -0.39 is 0 Å². The van der Waals surface area contributed by atoms with Crippen LogP contribution >= 0.6 is 11.5 Å². The molecule has 0 saturated heterocycles. The fourth-order valence-electron chi connectivity index (χ4n) is 2.06. The molecule has 0 fully saturated rings. The van der Waals surface area contributed by atoms with Gasteiger partial charge in [-0.25, -0.2) is 0 Å². The number of hydrogen-bond acceptors (Lipinski definition) is 6. The van der Waals surface area contributed by atoms with Crippen LogP contribution in [-0.4, -0.2) is 15.5 Å². The van der Waals surface area contributed by atoms with Crippen molar-refractivity contribution >= 4 is 17.4 Å². The molecule has 0 saturated carbocycles. The lowest BCUT2D eigenvalue weighted by molar-refractivity contribution is 0.0951. The molecule has 1 amide bonds. The minimum absolute atomic E-state index is 0.167. The Morgan fingerprint density at radius 1 is 1.36 bits per heavy atom. The van der Waals surface area contributed by atoms with E-state index in [0.29, 0.717) is 22.9 Å². The molecule has 0 unspecified atom stereocenters. The number of nitrogens with zero attached hydrogens (tertiary/aromatic N) is 2. The number of carbonyl (C=O) groups excluding carboxylic acids is 1. The molecule has 0 radical (unpaired) electrons. The van der Waals surface area contributed by atoms with Crippen LogP contribution in [0.15, 0.2) is 39.6 Å². The van der Waals surface area contributed by atoms with Gasteiger partial charge in [0.25, 0.3) is 5.91 Å². The van der Waals surface area contributed by atoms with Crippen LogP contribution in [0.3, 0.4) is 0 Å². The molecule has 3 aromatic heterocycles. The van der Waals surface area contributed by atoms with Gasteiger partial charge in [0.05, 0.1) is 24.1 Å². The highest BCUT2D eigenvalue weighted by molar-refractivity contribution is 7.08. The second-order valence-electron chi connectivity index (χ2n) is 4.76. The third-order valence-electron chi connectivity index (χ3n) is 3.14. The van der Waals surface area contributed by atoms with Gasteiger partial charge in [-0.3, -0.25) is 4.79 Å². The molecule has 0 spiro atoms. The Morgan fingerprint density at radius 3 is 3.05 bits per heavy atom. The van der Waals surface area contributed by atoms with Gasteiger partial charge in [-0.2, -0.15) is 0 Å². The van der Waals surface area contributed by atoms with E-state index in [-0.39, 0.29) is 5.91 Å². The fraction of sp³-hybridized carbons (Fsp3) is 0.267. The second kappa shape index (κ2) is 6.57. The van der Waals surface area contributed by atoms with Gasteiger partial charge in [-0.1, -0.05) is 17.8 Å². The van der Waals surface area contributed by atoms with E-state index >= 15 is 0 Å². The molecule has 3 heterocycles. The number of hydrogen-bond donors (Lipinski definition) is 1. The highest BCUT2D eigenvalue weighted by Gasteiger charge is 2.16. The fourth-order valence-corrected chi connectivity index (χ4v) is 2.69. The maximum Gasteiger partial charge on any atom is 0.265 e. The van der Waals surface area contributed by atoms with Crippen LogP contribution < -0.4 is 5.32 Å². The summed E-state index contributed by atoms with van der Waals surface area (Å²) in [6, 6.07) is 5.50. The predicted octanol–water partition coefficient (Wildman–Crippen LogP) is 3.27. The summed E-state index contributed by atoms with van der Waals surface area (Å²) in [5.74, 6) is 1.22. The minimum Gasteiger partial charge on any atom is -0.472 e. The second-order valence-corrected chi connectivity index (χ2v) is 5.51. The predicted molar refractivity (Wildman–Crippen MR) is 81.5 cm³/mol. The average molecular weight is 317 g/mol. The van der Waals surface area contributed by atoms with E-state index in [2.05, 4.69) is 14.9 Å². The molecule has 0 bridgehead atoms. The van der Waals surface area contributed by atoms with Gasteiger partial charge in [0, 0.05) is 0 Å². The van der Waals surface area contributed by atoms with E-state index in [9.17, 15) is 4.79 Å². The number of carbonyl (C=O) groups is 1. The lowest BCUT2D eigenvalue weighted by Crippen LogP contribution is -2.22. The van der Waals surface area contributed by atoms with Gasteiger partial charge in [0.2, 0.25) is 0 Å². The third kappa shape index (κ3) is 3.09. The maximum absolute atomic E-state index is 12.2. The molecule has 0 atom stereocenters. The van der Waals surface area contributed by atoms with E-state index in [1.807, 2.05) is 25.1 Å². The minimum atomic E-state index is -0.167. The van der Waals surface area contributed by atoms with Crippen molar-refractivity contribution in [2.75, 3.05) is 0 Å². The maximum atomic E-state index is 12.2.